The Kier molecular flexibility index (Phi) is 16.3. The molecule has 414 valence electrons. The summed E-state index contributed by atoms with van der Waals surface area (Å²) < 4.78 is 2.17. The molecule has 4 atom stereocenters. The number of benzene rings is 7. The molecule has 0 aliphatic carbocycles. The highest BCUT2D eigenvalue weighted by Crippen LogP contribution is 2.44. The van der Waals surface area contributed by atoms with Crippen LogP contribution in [-0.4, -0.2) is 87.3 Å². The number of pyridine rings is 2. The van der Waals surface area contributed by atoms with Gasteiger partial charge in [-0.1, -0.05) is 158 Å². The molecule has 0 saturated carbocycles. The van der Waals surface area contributed by atoms with Crippen LogP contribution in [0.3, 0.4) is 0 Å². The summed E-state index contributed by atoms with van der Waals surface area (Å²) in [6, 6.07) is 73.3. The van der Waals surface area contributed by atoms with E-state index >= 15 is 0 Å². The van der Waals surface area contributed by atoms with Gasteiger partial charge in [0, 0.05) is 84.4 Å². The Labute approximate surface area is 486 Å². The second kappa shape index (κ2) is 24.9. The monoisotopic (exact) mass is 1090 g/mol. The first-order valence-corrected chi connectivity index (χ1v) is 29.0. The minimum absolute atomic E-state index is 0.0101. The fraction of sp³-hybridized carbons (Fsp3) is 0.222. The summed E-state index contributed by atoms with van der Waals surface area (Å²) in [4.78, 5) is 44.8. The Balaban J connectivity index is 0.000000182. The lowest BCUT2D eigenvalue weighted by molar-refractivity contribution is -0.122. The van der Waals surface area contributed by atoms with Crippen molar-refractivity contribution in [1.29, 1.82) is 0 Å². The molecule has 2 amide bonds. The number of hydrogen-bond acceptors (Lipinski definition) is 8. The summed E-state index contributed by atoms with van der Waals surface area (Å²) in [5.74, 6) is 0.959. The maximum Gasteiger partial charge on any atom is 0.228 e. The van der Waals surface area contributed by atoms with Gasteiger partial charge in [-0.25, -0.2) is 4.68 Å². The first kappa shape index (κ1) is 54.4. The van der Waals surface area contributed by atoms with E-state index in [0.29, 0.717) is 18.4 Å². The van der Waals surface area contributed by atoms with Gasteiger partial charge in [0.15, 0.2) is 0 Å². The molecule has 0 spiro atoms. The summed E-state index contributed by atoms with van der Waals surface area (Å²) in [6.45, 7) is 4.24. The third-order valence-electron chi connectivity index (χ3n) is 16.7. The number of anilines is 2. The quantitative estimate of drug-likeness (QED) is 0.104. The van der Waals surface area contributed by atoms with E-state index in [1.54, 1.807) is 24.8 Å². The van der Waals surface area contributed by atoms with Gasteiger partial charge in [0.1, 0.15) is 11.2 Å². The molecule has 0 bridgehead atoms. The number of fused-ring (bicyclic) bond motifs is 2. The predicted molar refractivity (Wildman–Crippen MR) is 333 cm³/mol. The number of amides is 2. The van der Waals surface area contributed by atoms with Crippen molar-refractivity contribution in [3.05, 3.63) is 282 Å². The van der Waals surface area contributed by atoms with Gasteiger partial charge in [-0.15, -0.1) is 0 Å². The second-order valence-electron chi connectivity index (χ2n) is 22.7. The number of likely N-dealkylation sites (tertiary alicyclic amines) is 2. The van der Waals surface area contributed by atoms with Crippen LogP contribution in [0.5, 0.6) is 0 Å². The smallest absolute Gasteiger partial charge is 0.228 e. The van der Waals surface area contributed by atoms with E-state index in [-0.39, 0.29) is 23.7 Å². The van der Waals surface area contributed by atoms with E-state index in [1.807, 2.05) is 42.5 Å². The lowest BCUT2D eigenvalue weighted by Crippen LogP contribution is -2.43. The summed E-state index contributed by atoms with van der Waals surface area (Å²) in [7, 11) is 4.24. The molecule has 2 N–H and O–H groups in total. The maximum atomic E-state index is 14.0. The Morgan fingerprint density at radius 2 is 0.952 bits per heavy atom. The van der Waals surface area contributed by atoms with Crippen molar-refractivity contribution in [3.8, 4) is 11.3 Å². The largest absolute Gasteiger partial charge is 0.326 e. The van der Waals surface area contributed by atoms with Crippen LogP contribution < -0.4 is 10.6 Å². The topological polar surface area (TPSA) is 121 Å². The fourth-order valence-corrected chi connectivity index (χ4v) is 13.0. The van der Waals surface area contributed by atoms with E-state index in [1.165, 1.54) is 16.7 Å². The van der Waals surface area contributed by atoms with Crippen LogP contribution in [0.4, 0.5) is 11.4 Å². The van der Waals surface area contributed by atoms with Crippen LogP contribution in [0.2, 0.25) is 0 Å². The fourth-order valence-electron chi connectivity index (χ4n) is 13.0. The Hall–Kier alpha value is -9.16. The highest BCUT2D eigenvalue weighted by Gasteiger charge is 2.41. The number of hydrogen-bond donors (Lipinski definition) is 2. The molecule has 6 heterocycles. The number of rotatable bonds is 14. The third kappa shape index (κ3) is 12.1. The maximum absolute atomic E-state index is 14.0. The molecule has 10 aromatic rings. The van der Waals surface area contributed by atoms with Crippen molar-refractivity contribution in [2.45, 2.75) is 37.8 Å². The van der Waals surface area contributed by atoms with Gasteiger partial charge in [0.05, 0.1) is 29.6 Å². The van der Waals surface area contributed by atoms with Crippen LogP contribution in [0.15, 0.2) is 242 Å². The van der Waals surface area contributed by atoms with Crippen molar-refractivity contribution < 1.29 is 9.59 Å². The predicted octanol–water partition coefficient (Wildman–Crippen LogP) is 12.9. The van der Waals surface area contributed by atoms with E-state index in [9.17, 15) is 9.59 Å². The number of aromatic nitrogens is 4. The number of aliphatic imine (C=N–C) groups is 1. The normalized spacial score (nSPS) is 18.1. The Morgan fingerprint density at radius 3 is 1.45 bits per heavy atom. The van der Waals surface area contributed by atoms with E-state index in [2.05, 4.69) is 219 Å². The number of carbonyl (C=O) groups is 2. The van der Waals surface area contributed by atoms with Crippen molar-refractivity contribution in [1.82, 2.24) is 29.5 Å². The summed E-state index contributed by atoms with van der Waals surface area (Å²) >= 11 is 0. The van der Waals surface area contributed by atoms with Gasteiger partial charge in [-0.2, -0.15) is 5.10 Å². The number of nitrogens with zero attached hydrogens (tertiary/aromatic N) is 7. The summed E-state index contributed by atoms with van der Waals surface area (Å²) in [5, 5.41) is 13.0. The zero-order chi connectivity index (χ0) is 56.5. The molecule has 2 fully saturated rings. The Morgan fingerprint density at radius 1 is 0.506 bits per heavy atom. The zero-order valence-electron chi connectivity index (χ0n) is 47.1. The van der Waals surface area contributed by atoms with Crippen LogP contribution in [0.25, 0.3) is 22.2 Å². The highest BCUT2D eigenvalue weighted by atomic mass is 16.2. The van der Waals surface area contributed by atoms with Gasteiger partial charge in [0.25, 0.3) is 0 Å². The molecule has 11 heteroatoms. The summed E-state index contributed by atoms with van der Waals surface area (Å²) in [5.41, 5.74) is 13.8. The molecule has 83 heavy (non-hydrogen) atoms. The van der Waals surface area contributed by atoms with Gasteiger partial charge >= 0.3 is 0 Å². The van der Waals surface area contributed by atoms with E-state index < -0.39 is 5.54 Å². The lowest BCUT2D eigenvalue weighted by Gasteiger charge is -2.37. The van der Waals surface area contributed by atoms with Crippen LogP contribution >= 0.6 is 0 Å². The van der Waals surface area contributed by atoms with Crippen molar-refractivity contribution in [2.24, 2.45) is 28.7 Å². The number of carbonyl (C=O) groups excluding carboxylic acids is 2. The van der Waals surface area contributed by atoms with Crippen molar-refractivity contribution >= 4 is 39.8 Å². The minimum atomic E-state index is -0.793. The molecule has 4 unspecified atom stereocenters. The van der Waals surface area contributed by atoms with Gasteiger partial charge < -0.3 is 20.4 Å². The van der Waals surface area contributed by atoms with Crippen LogP contribution in [-0.2, 0) is 34.5 Å². The molecule has 13 rings (SSSR count). The van der Waals surface area contributed by atoms with Gasteiger partial charge in [0.2, 0.25) is 11.8 Å². The van der Waals surface area contributed by atoms with Gasteiger partial charge in [-0.3, -0.25) is 24.5 Å². The van der Waals surface area contributed by atoms with Crippen LogP contribution in [0.1, 0.15) is 57.3 Å². The molecule has 0 radical (unpaired) electrons. The number of piperidine rings is 2. The van der Waals surface area contributed by atoms with E-state index in [0.717, 1.165) is 119 Å². The standard InChI is InChI=1S/C45H41N5O.C27H28N4O/c1-49-31-34(28-33-14-6-2-7-15-33)29-36(32-49)44(51)47-40-22-23-42-41(30-40)43(35-24-26-46-27-25-35)48-50(42)45(37-16-8-3-9-17-37,38-18-10-4-11-19-38)39-20-12-5-13-21-39;1-31-17-20(13-19-5-3-2-4-6-19)14-23(18-31)27(32)30-24-8-7-22-16-29-26(25(22)15-24)21-9-11-28-12-10-21/h2-27,30,34,36H,28-29,31-32H2,1H3,(H,47,51);2-12,15,20,23H,13-14,16-18H2,1H3,(H,30,32). The van der Waals surface area contributed by atoms with E-state index in [4.69, 9.17) is 10.1 Å². The van der Waals surface area contributed by atoms with Crippen molar-refractivity contribution in [2.75, 3.05) is 50.9 Å². The zero-order valence-corrected chi connectivity index (χ0v) is 47.1. The third-order valence-corrected chi connectivity index (χ3v) is 16.7. The minimum Gasteiger partial charge on any atom is -0.326 e. The molecule has 11 nitrogen and oxygen atoms in total. The average Bonchev–Trinajstić information content (AvgIpc) is 4.31. The molecule has 3 aliphatic rings. The van der Waals surface area contributed by atoms with Crippen molar-refractivity contribution in [3.63, 3.8) is 0 Å². The SMILES string of the molecule is CN1CC(Cc2ccccc2)CC(C(=O)Nc2ccc3c(c2)C(c2ccncc2)=NC3)C1.CN1CC(Cc2ccccc2)CC(C(=O)Nc2ccc3c(c2)c(-c2ccncc2)nn3C(c2ccccc2)(c2ccccc2)c2ccccc2)C1. The first-order valence-electron chi connectivity index (χ1n) is 29.0. The molecule has 7 aromatic carbocycles. The molecular weight excluding hydrogens is 1020 g/mol. The molecule has 3 aliphatic heterocycles. The van der Waals surface area contributed by atoms with Gasteiger partial charge in [-0.05, 0) is 140 Å². The molecule has 3 aromatic heterocycles. The molecular formula is C72H69N9O2. The Bertz CT molecular complexity index is 3730. The second-order valence-corrected chi connectivity index (χ2v) is 22.7. The lowest BCUT2D eigenvalue weighted by atomic mass is 9.77. The highest BCUT2D eigenvalue weighted by molar-refractivity contribution is 6.15. The van der Waals surface area contributed by atoms with Crippen LogP contribution in [0, 0.1) is 23.7 Å². The summed E-state index contributed by atoms with van der Waals surface area (Å²) in [6.07, 6.45) is 10.9. The first-order chi connectivity index (χ1) is 40.7. The molecule has 2 saturated heterocycles. The average molecular weight is 1090 g/mol. The number of nitrogens with one attached hydrogen (secondary N) is 2.